The van der Waals surface area contributed by atoms with Gasteiger partial charge in [-0.1, -0.05) is 29.8 Å². The predicted octanol–water partition coefficient (Wildman–Crippen LogP) is 3.92. The van der Waals surface area contributed by atoms with E-state index in [1.165, 1.54) is 0 Å². The van der Waals surface area contributed by atoms with E-state index in [1.54, 1.807) is 26.2 Å². The lowest BCUT2D eigenvalue weighted by atomic mass is 9.96. The average molecular weight is 384 g/mol. The number of amides is 1. The highest BCUT2D eigenvalue weighted by Gasteiger charge is 2.40. The van der Waals surface area contributed by atoms with Crippen molar-refractivity contribution in [3.63, 3.8) is 0 Å². The Labute approximate surface area is 161 Å². The molecule has 2 heterocycles. The van der Waals surface area contributed by atoms with Gasteiger partial charge in [0.15, 0.2) is 11.5 Å². The first-order valence-corrected chi connectivity index (χ1v) is 8.76. The lowest BCUT2D eigenvalue weighted by Gasteiger charge is -2.23. The van der Waals surface area contributed by atoms with E-state index in [0.29, 0.717) is 22.2 Å². The molecular formula is C20H18ClN3O3. The van der Waals surface area contributed by atoms with Crippen molar-refractivity contribution in [3.05, 3.63) is 64.3 Å². The summed E-state index contributed by atoms with van der Waals surface area (Å²) < 4.78 is 10.8. The zero-order chi connectivity index (χ0) is 19.1. The number of fused-ring (bicyclic) bond motifs is 1. The van der Waals surface area contributed by atoms with E-state index in [0.717, 1.165) is 22.4 Å². The number of halogens is 1. The molecule has 1 amide bonds. The van der Waals surface area contributed by atoms with Crippen LogP contribution in [0.4, 0.5) is 0 Å². The number of nitrogens with zero attached hydrogens (tertiary/aromatic N) is 2. The van der Waals surface area contributed by atoms with Gasteiger partial charge in [-0.2, -0.15) is 5.10 Å². The number of hydrogen-bond acceptors (Lipinski definition) is 4. The van der Waals surface area contributed by atoms with Gasteiger partial charge in [0.1, 0.15) is 5.69 Å². The third-order valence-corrected chi connectivity index (χ3v) is 5.09. The second-order valence-corrected chi connectivity index (χ2v) is 6.74. The van der Waals surface area contributed by atoms with Crippen molar-refractivity contribution in [1.82, 2.24) is 15.1 Å². The second kappa shape index (κ2) is 6.63. The van der Waals surface area contributed by atoms with Gasteiger partial charge in [0.05, 0.1) is 26.0 Å². The standard InChI is InChI=1S/C20H18ClN3O3/c1-24-19(12-6-9-14(26-2)15(10-12)27-3)16-17(22-23-18(16)20(24)25)11-4-7-13(21)8-5-11/h4-10,19H,1-3H3,(H,22,23). The summed E-state index contributed by atoms with van der Waals surface area (Å²) in [5.41, 5.74) is 3.89. The number of benzene rings is 2. The van der Waals surface area contributed by atoms with Crippen molar-refractivity contribution in [3.8, 4) is 22.8 Å². The third kappa shape index (κ3) is 2.73. The summed E-state index contributed by atoms with van der Waals surface area (Å²) in [6.07, 6.45) is 0. The molecule has 0 saturated heterocycles. The normalized spacial score (nSPS) is 15.8. The molecule has 3 aromatic rings. The molecule has 2 aromatic carbocycles. The minimum atomic E-state index is -0.281. The summed E-state index contributed by atoms with van der Waals surface area (Å²) in [7, 11) is 4.96. The Morgan fingerprint density at radius 1 is 1.07 bits per heavy atom. The van der Waals surface area contributed by atoms with Crippen molar-refractivity contribution in [1.29, 1.82) is 0 Å². The molecule has 1 atom stereocenters. The summed E-state index contributed by atoms with van der Waals surface area (Å²) >= 11 is 6.01. The molecule has 0 radical (unpaired) electrons. The Morgan fingerprint density at radius 2 is 1.78 bits per heavy atom. The fraction of sp³-hybridized carbons (Fsp3) is 0.200. The highest BCUT2D eigenvalue weighted by atomic mass is 35.5. The Kier molecular flexibility index (Phi) is 4.28. The van der Waals surface area contributed by atoms with Crippen LogP contribution in [0.3, 0.4) is 0 Å². The van der Waals surface area contributed by atoms with Crippen LogP contribution in [0.15, 0.2) is 42.5 Å². The van der Waals surface area contributed by atoms with Gasteiger partial charge in [0.2, 0.25) is 0 Å². The van der Waals surface area contributed by atoms with Crippen LogP contribution in [-0.2, 0) is 0 Å². The molecule has 0 aliphatic carbocycles. The molecule has 138 valence electrons. The molecule has 6 nitrogen and oxygen atoms in total. The molecule has 0 fully saturated rings. The molecule has 7 heteroatoms. The van der Waals surface area contributed by atoms with E-state index >= 15 is 0 Å². The monoisotopic (exact) mass is 383 g/mol. The minimum absolute atomic E-state index is 0.0995. The SMILES string of the molecule is COc1ccc(C2c3c(-c4ccc(Cl)cc4)n[nH]c3C(=O)N2C)cc1OC. The number of H-pyrrole nitrogens is 1. The summed E-state index contributed by atoms with van der Waals surface area (Å²) in [5, 5.41) is 7.95. The lowest BCUT2D eigenvalue weighted by molar-refractivity contribution is 0.0787. The summed E-state index contributed by atoms with van der Waals surface area (Å²) in [6.45, 7) is 0. The minimum Gasteiger partial charge on any atom is -0.493 e. The van der Waals surface area contributed by atoms with Crippen LogP contribution in [0.1, 0.15) is 27.7 Å². The topological polar surface area (TPSA) is 67.5 Å². The van der Waals surface area contributed by atoms with Crippen molar-refractivity contribution in [2.24, 2.45) is 0 Å². The maximum Gasteiger partial charge on any atom is 0.272 e. The van der Waals surface area contributed by atoms with Gasteiger partial charge in [-0.15, -0.1) is 0 Å². The van der Waals surface area contributed by atoms with E-state index < -0.39 is 0 Å². The molecule has 27 heavy (non-hydrogen) atoms. The smallest absolute Gasteiger partial charge is 0.272 e. The van der Waals surface area contributed by atoms with Crippen molar-refractivity contribution >= 4 is 17.5 Å². The Morgan fingerprint density at radius 3 is 2.44 bits per heavy atom. The number of nitrogens with one attached hydrogen (secondary N) is 1. The van der Waals surface area contributed by atoms with E-state index in [1.807, 2.05) is 42.5 Å². The molecule has 4 rings (SSSR count). The van der Waals surface area contributed by atoms with Crippen molar-refractivity contribution in [2.75, 3.05) is 21.3 Å². The maximum atomic E-state index is 12.7. The molecular weight excluding hydrogens is 366 g/mol. The maximum absolute atomic E-state index is 12.7. The van der Waals surface area contributed by atoms with Gasteiger partial charge in [0.25, 0.3) is 5.91 Å². The first kappa shape index (κ1) is 17.4. The number of aromatic amines is 1. The predicted molar refractivity (Wildman–Crippen MR) is 103 cm³/mol. The first-order valence-electron chi connectivity index (χ1n) is 8.38. The number of carbonyl (C=O) groups is 1. The molecule has 1 aliphatic heterocycles. The molecule has 1 unspecified atom stereocenters. The van der Waals surface area contributed by atoms with E-state index in [2.05, 4.69) is 10.2 Å². The summed E-state index contributed by atoms with van der Waals surface area (Å²) in [6, 6.07) is 12.8. The summed E-state index contributed by atoms with van der Waals surface area (Å²) in [5.74, 6) is 1.15. The van der Waals surface area contributed by atoms with Gasteiger partial charge in [-0.25, -0.2) is 0 Å². The third-order valence-electron chi connectivity index (χ3n) is 4.84. The van der Waals surface area contributed by atoms with Gasteiger partial charge < -0.3 is 14.4 Å². The van der Waals surface area contributed by atoms with Crippen molar-refractivity contribution in [2.45, 2.75) is 6.04 Å². The molecule has 1 N–H and O–H groups in total. The summed E-state index contributed by atoms with van der Waals surface area (Å²) in [4.78, 5) is 14.4. The van der Waals surface area contributed by atoms with Gasteiger partial charge >= 0.3 is 0 Å². The van der Waals surface area contributed by atoms with Gasteiger partial charge in [-0.3, -0.25) is 9.89 Å². The highest BCUT2D eigenvalue weighted by molar-refractivity contribution is 6.30. The molecule has 0 bridgehead atoms. The van der Waals surface area contributed by atoms with Crippen LogP contribution in [0, 0.1) is 0 Å². The van der Waals surface area contributed by atoms with Crippen LogP contribution >= 0.6 is 11.6 Å². The molecule has 1 aliphatic rings. The fourth-order valence-corrected chi connectivity index (χ4v) is 3.63. The van der Waals surface area contributed by atoms with Crippen LogP contribution < -0.4 is 9.47 Å². The second-order valence-electron chi connectivity index (χ2n) is 6.30. The Bertz CT molecular complexity index is 1010. The Balaban J connectivity index is 1.86. The van der Waals surface area contributed by atoms with E-state index in [9.17, 15) is 4.79 Å². The van der Waals surface area contributed by atoms with Gasteiger partial charge in [0, 0.05) is 23.2 Å². The quantitative estimate of drug-likeness (QED) is 0.741. The molecule has 1 aromatic heterocycles. The number of aromatic nitrogens is 2. The number of ether oxygens (including phenoxy) is 2. The van der Waals surface area contributed by atoms with Crippen molar-refractivity contribution < 1.29 is 14.3 Å². The van der Waals surface area contributed by atoms with E-state index in [4.69, 9.17) is 21.1 Å². The highest BCUT2D eigenvalue weighted by Crippen LogP contribution is 2.43. The van der Waals surface area contributed by atoms with Crippen LogP contribution in [-0.4, -0.2) is 42.3 Å². The Hall–Kier alpha value is -2.99. The zero-order valence-electron chi connectivity index (χ0n) is 15.1. The van der Waals surface area contributed by atoms with Crippen LogP contribution in [0.25, 0.3) is 11.3 Å². The number of hydrogen-bond donors (Lipinski definition) is 1. The van der Waals surface area contributed by atoms with Crippen LogP contribution in [0.2, 0.25) is 5.02 Å². The number of rotatable bonds is 4. The van der Waals surface area contributed by atoms with E-state index in [-0.39, 0.29) is 11.9 Å². The zero-order valence-corrected chi connectivity index (χ0v) is 15.9. The number of methoxy groups -OCH3 is 2. The first-order chi connectivity index (χ1) is 13.0. The van der Waals surface area contributed by atoms with Crippen LogP contribution in [0.5, 0.6) is 11.5 Å². The molecule has 0 saturated carbocycles. The lowest BCUT2D eigenvalue weighted by Crippen LogP contribution is -2.24. The molecule has 0 spiro atoms. The van der Waals surface area contributed by atoms with Gasteiger partial charge in [-0.05, 0) is 29.8 Å². The average Bonchev–Trinajstić information content (AvgIpc) is 3.21. The number of carbonyl (C=O) groups excluding carboxylic acids is 1. The fourth-order valence-electron chi connectivity index (χ4n) is 3.51. The largest absolute Gasteiger partial charge is 0.493 e.